The zero-order chi connectivity index (χ0) is 17.1. The Kier molecular flexibility index (Phi) is 10.6. The van der Waals surface area contributed by atoms with Gasteiger partial charge in [-0.1, -0.05) is 37.1 Å². The van der Waals surface area contributed by atoms with E-state index in [4.69, 9.17) is 0 Å². The van der Waals surface area contributed by atoms with Crippen molar-refractivity contribution in [1.82, 2.24) is 0 Å². The zero-order valence-corrected chi connectivity index (χ0v) is 18.9. The Hall–Kier alpha value is -1.60. The van der Waals surface area contributed by atoms with E-state index in [-0.39, 0.29) is 35.6 Å². The Morgan fingerprint density at radius 3 is 1.33 bits per heavy atom. The third-order valence-electron chi connectivity index (χ3n) is 4.87. The first kappa shape index (κ1) is 25.4. The molecular weight excluding hydrogens is 417 g/mol. The second kappa shape index (κ2) is 11.3. The van der Waals surface area contributed by atoms with E-state index in [1.807, 2.05) is 0 Å². The Balaban J connectivity index is 0.000000451. The van der Waals surface area contributed by atoms with E-state index in [1.54, 1.807) is 0 Å². The largest absolute Gasteiger partial charge is 4.00 e. The SMILES string of the molecule is CCc1cc2c(C)cccc2[cH-]1.CCc1cc2c(C)cccc2[cH-]1.[F-].[F-].[Zr+4]. The maximum absolute atomic E-state index is 2.30. The molecule has 0 unspecified atom stereocenters. The molecule has 0 saturated heterocycles. The van der Waals surface area contributed by atoms with Gasteiger partial charge in [-0.25, -0.2) is 0 Å². The van der Waals surface area contributed by atoms with Gasteiger partial charge in [0.2, 0.25) is 0 Å². The molecule has 4 aromatic carbocycles. The summed E-state index contributed by atoms with van der Waals surface area (Å²) in [5, 5.41) is 5.59. The normalized spacial score (nSPS) is 9.63. The molecule has 0 bridgehead atoms. The van der Waals surface area contributed by atoms with E-state index in [2.05, 4.69) is 88.4 Å². The van der Waals surface area contributed by atoms with E-state index in [1.165, 1.54) is 43.8 Å². The third-order valence-corrected chi connectivity index (χ3v) is 4.87. The number of benzene rings is 2. The summed E-state index contributed by atoms with van der Waals surface area (Å²) in [6, 6.07) is 22.1. The summed E-state index contributed by atoms with van der Waals surface area (Å²) in [5.41, 5.74) is 5.65. The van der Waals surface area contributed by atoms with Gasteiger partial charge in [0.25, 0.3) is 0 Å². The molecule has 0 fully saturated rings. The average Bonchev–Trinajstić information content (AvgIpc) is 3.20. The topological polar surface area (TPSA) is 0 Å². The van der Waals surface area contributed by atoms with Crippen LogP contribution in [0.5, 0.6) is 0 Å². The second-order valence-electron chi connectivity index (χ2n) is 6.59. The summed E-state index contributed by atoms with van der Waals surface area (Å²) in [4.78, 5) is 0. The minimum Gasteiger partial charge on any atom is -1.00 e. The minimum atomic E-state index is 0. The van der Waals surface area contributed by atoms with E-state index in [0.717, 1.165) is 12.8 Å². The van der Waals surface area contributed by atoms with Crippen molar-refractivity contribution in [2.24, 2.45) is 0 Å². The van der Waals surface area contributed by atoms with Crippen LogP contribution in [0.2, 0.25) is 0 Å². The smallest absolute Gasteiger partial charge is 1.00 e. The van der Waals surface area contributed by atoms with E-state index in [0.29, 0.717) is 0 Å². The molecule has 0 N–H and O–H groups in total. The molecule has 0 aliphatic carbocycles. The maximum atomic E-state index is 2.30. The Bertz CT molecular complexity index is 883. The number of rotatable bonds is 2. The van der Waals surface area contributed by atoms with Gasteiger partial charge in [0.15, 0.2) is 0 Å². The number of hydrogen-bond donors (Lipinski definition) is 0. The quantitative estimate of drug-likeness (QED) is 0.403. The van der Waals surface area contributed by atoms with Crippen LogP contribution in [0, 0.1) is 13.8 Å². The van der Waals surface area contributed by atoms with Gasteiger partial charge in [0.1, 0.15) is 0 Å². The van der Waals surface area contributed by atoms with Crippen molar-refractivity contribution in [3.63, 3.8) is 0 Å². The van der Waals surface area contributed by atoms with Crippen molar-refractivity contribution < 1.29 is 35.6 Å². The summed E-state index contributed by atoms with van der Waals surface area (Å²) in [6.45, 7) is 8.73. The van der Waals surface area contributed by atoms with Gasteiger partial charge in [-0.05, 0) is 26.7 Å². The van der Waals surface area contributed by atoms with Gasteiger partial charge in [-0.2, -0.15) is 12.1 Å². The van der Waals surface area contributed by atoms with Crippen LogP contribution in [0.15, 0.2) is 60.7 Å². The van der Waals surface area contributed by atoms with Gasteiger partial charge < -0.3 is 9.41 Å². The predicted octanol–water partition coefficient (Wildman–Crippen LogP) is 0.865. The standard InChI is InChI=1S/2C12H13.2FH.Zr/c2*1-3-10-7-11-6-4-5-9(2)12(11)8-10;;;/h2*4-8H,3H2,1-2H3;2*1H;/q2*-1;;;+4/p-2. The zero-order valence-electron chi connectivity index (χ0n) is 16.4. The van der Waals surface area contributed by atoms with Gasteiger partial charge >= 0.3 is 26.2 Å². The Morgan fingerprint density at radius 1 is 0.667 bits per heavy atom. The monoisotopic (exact) mass is 442 g/mol. The van der Waals surface area contributed by atoms with Crippen LogP contribution in [0.3, 0.4) is 0 Å². The molecule has 4 aromatic rings. The van der Waals surface area contributed by atoms with Gasteiger partial charge in [0, 0.05) is 0 Å². The van der Waals surface area contributed by atoms with Crippen LogP contribution >= 0.6 is 0 Å². The van der Waals surface area contributed by atoms with E-state index in [9.17, 15) is 0 Å². The van der Waals surface area contributed by atoms with Crippen molar-refractivity contribution >= 4 is 21.5 Å². The molecule has 0 amide bonds. The molecule has 0 aromatic heterocycles. The Morgan fingerprint density at radius 2 is 1.04 bits per heavy atom. The van der Waals surface area contributed by atoms with Crippen LogP contribution < -0.4 is 9.41 Å². The van der Waals surface area contributed by atoms with Crippen molar-refractivity contribution in [3.8, 4) is 0 Å². The molecule has 140 valence electrons. The van der Waals surface area contributed by atoms with Crippen molar-refractivity contribution in [1.29, 1.82) is 0 Å². The summed E-state index contributed by atoms with van der Waals surface area (Å²) in [5.74, 6) is 0. The molecular formula is C24H26F2Zr. The van der Waals surface area contributed by atoms with Crippen LogP contribution in [-0.2, 0) is 39.0 Å². The molecule has 4 rings (SSSR count). The first-order valence-electron chi connectivity index (χ1n) is 8.92. The Labute approximate surface area is 180 Å². The first-order chi connectivity index (χ1) is 11.6. The van der Waals surface area contributed by atoms with E-state index >= 15 is 0 Å². The number of halogens is 2. The van der Waals surface area contributed by atoms with Crippen LogP contribution in [0.4, 0.5) is 0 Å². The summed E-state index contributed by atoms with van der Waals surface area (Å²) >= 11 is 0. The molecule has 0 heterocycles. The number of hydrogen-bond acceptors (Lipinski definition) is 0. The molecule has 0 nitrogen and oxygen atoms in total. The predicted molar refractivity (Wildman–Crippen MR) is 107 cm³/mol. The fraction of sp³-hybridized carbons (Fsp3) is 0.250. The van der Waals surface area contributed by atoms with E-state index < -0.39 is 0 Å². The van der Waals surface area contributed by atoms with Gasteiger partial charge in [-0.15, -0.1) is 69.1 Å². The fourth-order valence-electron chi connectivity index (χ4n) is 3.31. The van der Waals surface area contributed by atoms with Crippen molar-refractivity contribution in [3.05, 3.63) is 82.9 Å². The minimum absolute atomic E-state index is 0. The molecule has 0 spiro atoms. The first-order valence-corrected chi connectivity index (χ1v) is 8.92. The molecule has 0 aliphatic rings. The van der Waals surface area contributed by atoms with Crippen LogP contribution in [0.25, 0.3) is 21.5 Å². The molecule has 0 aliphatic heterocycles. The van der Waals surface area contributed by atoms with Gasteiger partial charge in [-0.3, -0.25) is 0 Å². The number of fused-ring (bicyclic) bond motifs is 2. The maximum Gasteiger partial charge on any atom is 4.00 e. The second-order valence-corrected chi connectivity index (χ2v) is 6.59. The van der Waals surface area contributed by atoms with Crippen LogP contribution in [0.1, 0.15) is 36.1 Å². The molecule has 3 heteroatoms. The third kappa shape index (κ3) is 5.69. The average molecular weight is 444 g/mol. The molecule has 0 radical (unpaired) electrons. The van der Waals surface area contributed by atoms with Crippen molar-refractivity contribution in [2.45, 2.75) is 40.5 Å². The molecule has 0 atom stereocenters. The molecule has 27 heavy (non-hydrogen) atoms. The van der Waals surface area contributed by atoms with Gasteiger partial charge in [0.05, 0.1) is 0 Å². The summed E-state index contributed by atoms with van der Waals surface area (Å²) in [7, 11) is 0. The van der Waals surface area contributed by atoms with Crippen molar-refractivity contribution in [2.75, 3.05) is 0 Å². The number of aryl methyl sites for hydroxylation is 4. The fourth-order valence-corrected chi connectivity index (χ4v) is 3.31. The summed E-state index contributed by atoms with van der Waals surface area (Å²) in [6.07, 6.45) is 2.27. The molecule has 0 saturated carbocycles. The van der Waals surface area contributed by atoms with Crippen LogP contribution in [-0.4, -0.2) is 0 Å². The summed E-state index contributed by atoms with van der Waals surface area (Å²) < 4.78 is 0.